The molecule has 0 spiro atoms. The quantitative estimate of drug-likeness (QED) is 0.845. The number of anilines is 1. The van der Waals surface area contributed by atoms with Gasteiger partial charge in [-0.25, -0.2) is 0 Å². The van der Waals surface area contributed by atoms with E-state index in [0.717, 1.165) is 24.1 Å². The minimum Gasteiger partial charge on any atom is -0.398 e. The fourth-order valence-corrected chi connectivity index (χ4v) is 2.88. The zero-order valence-electron chi connectivity index (χ0n) is 10.2. The highest BCUT2D eigenvalue weighted by Gasteiger charge is 2.29. The zero-order valence-corrected chi connectivity index (χ0v) is 10.2. The van der Waals surface area contributed by atoms with Gasteiger partial charge in [0.25, 0.3) is 0 Å². The Balaban J connectivity index is 1.96. The SMILES string of the molecule is Nc1ccncc1C(N)C1CCc2ccccc21. The van der Waals surface area contributed by atoms with Crippen LogP contribution in [0, 0.1) is 0 Å². The van der Waals surface area contributed by atoms with Crippen molar-refractivity contribution in [2.75, 3.05) is 5.73 Å². The van der Waals surface area contributed by atoms with Crippen LogP contribution in [-0.4, -0.2) is 4.98 Å². The van der Waals surface area contributed by atoms with Gasteiger partial charge >= 0.3 is 0 Å². The van der Waals surface area contributed by atoms with E-state index in [1.165, 1.54) is 11.1 Å². The highest BCUT2D eigenvalue weighted by molar-refractivity contribution is 5.48. The van der Waals surface area contributed by atoms with E-state index >= 15 is 0 Å². The average molecular weight is 239 g/mol. The Morgan fingerprint density at radius 1 is 1.22 bits per heavy atom. The van der Waals surface area contributed by atoms with Gasteiger partial charge in [0.15, 0.2) is 0 Å². The predicted molar refractivity (Wildman–Crippen MR) is 73.1 cm³/mol. The second-order valence-electron chi connectivity index (χ2n) is 4.87. The number of aromatic nitrogens is 1. The molecule has 0 bridgehead atoms. The van der Waals surface area contributed by atoms with E-state index in [1.54, 1.807) is 12.4 Å². The monoisotopic (exact) mass is 239 g/mol. The van der Waals surface area contributed by atoms with Gasteiger partial charge in [-0.3, -0.25) is 4.98 Å². The third kappa shape index (κ3) is 1.77. The normalized spacial score (nSPS) is 19.5. The average Bonchev–Trinajstić information content (AvgIpc) is 2.82. The molecule has 4 N–H and O–H groups in total. The molecule has 0 aliphatic heterocycles. The first kappa shape index (κ1) is 11.2. The molecule has 1 aliphatic rings. The number of aryl methyl sites for hydroxylation is 1. The number of nitrogen functional groups attached to an aromatic ring is 1. The Bertz CT molecular complexity index is 565. The van der Waals surface area contributed by atoms with Crippen LogP contribution in [0.25, 0.3) is 0 Å². The summed E-state index contributed by atoms with van der Waals surface area (Å²) < 4.78 is 0. The molecule has 3 heteroatoms. The molecular weight excluding hydrogens is 222 g/mol. The van der Waals surface area contributed by atoms with Crippen molar-refractivity contribution in [2.24, 2.45) is 5.73 Å². The van der Waals surface area contributed by atoms with Crippen molar-refractivity contribution in [3.63, 3.8) is 0 Å². The number of benzene rings is 1. The van der Waals surface area contributed by atoms with Gasteiger partial charge in [0, 0.05) is 35.6 Å². The molecule has 2 atom stereocenters. The van der Waals surface area contributed by atoms with E-state index < -0.39 is 0 Å². The van der Waals surface area contributed by atoms with Crippen LogP contribution >= 0.6 is 0 Å². The largest absolute Gasteiger partial charge is 0.398 e. The number of hydrogen-bond donors (Lipinski definition) is 2. The summed E-state index contributed by atoms with van der Waals surface area (Å²) in [5.74, 6) is 0.354. The maximum atomic E-state index is 6.40. The van der Waals surface area contributed by atoms with Crippen LogP contribution in [0.5, 0.6) is 0 Å². The Kier molecular flexibility index (Phi) is 2.76. The highest BCUT2D eigenvalue weighted by Crippen LogP contribution is 2.41. The lowest BCUT2D eigenvalue weighted by Crippen LogP contribution is -2.19. The maximum absolute atomic E-state index is 6.40. The van der Waals surface area contributed by atoms with Crippen LogP contribution in [0.3, 0.4) is 0 Å². The van der Waals surface area contributed by atoms with Crippen molar-refractivity contribution in [1.29, 1.82) is 0 Å². The van der Waals surface area contributed by atoms with E-state index in [0.29, 0.717) is 5.92 Å². The summed E-state index contributed by atoms with van der Waals surface area (Å²) in [7, 11) is 0. The Morgan fingerprint density at radius 3 is 2.89 bits per heavy atom. The smallest absolute Gasteiger partial charge is 0.0400 e. The summed E-state index contributed by atoms with van der Waals surface area (Å²) in [6.07, 6.45) is 5.69. The molecule has 0 saturated carbocycles. The lowest BCUT2D eigenvalue weighted by Gasteiger charge is -2.21. The summed E-state index contributed by atoms with van der Waals surface area (Å²) in [6.45, 7) is 0. The molecule has 0 radical (unpaired) electrons. The van der Waals surface area contributed by atoms with Crippen LogP contribution < -0.4 is 11.5 Å². The van der Waals surface area contributed by atoms with Crippen LogP contribution in [-0.2, 0) is 6.42 Å². The molecule has 1 aliphatic carbocycles. The van der Waals surface area contributed by atoms with Gasteiger partial charge in [-0.1, -0.05) is 24.3 Å². The first-order valence-electron chi connectivity index (χ1n) is 6.30. The van der Waals surface area contributed by atoms with Crippen LogP contribution in [0.15, 0.2) is 42.7 Å². The molecule has 0 saturated heterocycles. The van der Waals surface area contributed by atoms with Gasteiger partial charge in [0.05, 0.1) is 0 Å². The standard InChI is InChI=1S/C15H17N3/c16-14-7-8-18-9-13(14)15(17)12-6-5-10-3-1-2-4-11(10)12/h1-4,7-9,12,15H,5-6,17H2,(H2,16,18). The van der Waals surface area contributed by atoms with Gasteiger partial charge in [0.1, 0.15) is 0 Å². The van der Waals surface area contributed by atoms with E-state index in [-0.39, 0.29) is 6.04 Å². The number of nitrogens with two attached hydrogens (primary N) is 2. The molecule has 18 heavy (non-hydrogen) atoms. The second kappa shape index (κ2) is 4.42. The number of nitrogens with zero attached hydrogens (tertiary/aromatic N) is 1. The molecule has 1 heterocycles. The van der Waals surface area contributed by atoms with Gasteiger partial charge in [-0.15, -0.1) is 0 Å². The molecule has 3 nitrogen and oxygen atoms in total. The molecular formula is C15H17N3. The molecule has 1 aromatic carbocycles. The molecule has 2 aromatic rings. The maximum Gasteiger partial charge on any atom is 0.0400 e. The third-order valence-corrected chi connectivity index (χ3v) is 3.86. The lowest BCUT2D eigenvalue weighted by molar-refractivity contribution is 0.550. The molecule has 3 rings (SSSR count). The predicted octanol–water partition coefficient (Wildman–Crippen LogP) is 2.39. The zero-order chi connectivity index (χ0) is 12.5. The van der Waals surface area contributed by atoms with Crippen molar-refractivity contribution < 1.29 is 0 Å². The molecule has 1 aromatic heterocycles. The van der Waals surface area contributed by atoms with Gasteiger partial charge in [0.2, 0.25) is 0 Å². The first-order valence-corrected chi connectivity index (χ1v) is 6.30. The summed E-state index contributed by atoms with van der Waals surface area (Å²) >= 11 is 0. The Morgan fingerprint density at radius 2 is 2.06 bits per heavy atom. The van der Waals surface area contributed by atoms with Gasteiger partial charge in [-0.05, 0) is 30.0 Å². The van der Waals surface area contributed by atoms with Crippen molar-refractivity contribution in [2.45, 2.75) is 24.8 Å². The van der Waals surface area contributed by atoms with Crippen LogP contribution in [0.2, 0.25) is 0 Å². The van der Waals surface area contributed by atoms with Crippen molar-refractivity contribution >= 4 is 5.69 Å². The highest BCUT2D eigenvalue weighted by atomic mass is 14.7. The van der Waals surface area contributed by atoms with Gasteiger partial charge in [-0.2, -0.15) is 0 Å². The lowest BCUT2D eigenvalue weighted by atomic mass is 9.89. The Labute approximate surface area is 107 Å². The molecule has 0 fully saturated rings. The van der Waals surface area contributed by atoms with E-state index in [9.17, 15) is 0 Å². The fraction of sp³-hybridized carbons (Fsp3) is 0.267. The topological polar surface area (TPSA) is 64.9 Å². The first-order chi connectivity index (χ1) is 8.77. The van der Waals surface area contributed by atoms with E-state index in [4.69, 9.17) is 11.5 Å². The minimum absolute atomic E-state index is 0.0673. The molecule has 2 unspecified atom stereocenters. The summed E-state index contributed by atoms with van der Waals surface area (Å²) in [4.78, 5) is 4.13. The van der Waals surface area contributed by atoms with Gasteiger partial charge < -0.3 is 11.5 Å². The molecule has 0 amide bonds. The second-order valence-corrected chi connectivity index (χ2v) is 4.87. The van der Waals surface area contributed by atoms with Crippen LogP contribution in [0.4, 0.5) is 5.69 Å². The summed E-state index contributed by atoms with van der Waals surface area (Å²) in [6, 6.07) is 10.3. The van der Waals surface area contributed by atoms with Crippen LogP contribution in [0.1, 0.15) is 35.1 Å². The number of rotatable bonds is 2. The minimum atomic E-state index is -0.0673. The Hall–Kier alpha value is -1.87. The third-order valence-electron chi connectivity index (χ3n) is 3.86. The summed E-state index contributed by atoms with van der Waals surface area (Å²) in [5, 5.41) is 0. The van der Waals surface area contributed by atoms with E-state index in [1.807, 2.05) is 6.07 Å². The number of fused-ring (bicyclic) bond motifs is 1. The summed E-state index contributed by atoms with van der Waals surface area (Å²) in [5.41, 5.74) is 16.9. The number of hydrogen-bond acceptors (Lipinski definition) is 3. The fourth-order valence-electron chi connectivity index (χ4n) is 2.88. The molecule has 92 valence electrons. The van der Waals surface area contributed by atoms with Crippen molar-refractivity contribution in [3.8, 4) is 0 Å². The van der Waals surface area contributed by atoms with Crippen molar-refractivity contribution in [1.82, 2.24) is 4.98 Å². The van der Waals surface area contributed by atoms with E-state index in [2.05, 4.69) is 29.2 Å². The number of pyridine rings is 1. The van der Waals surface area contributed by atoms with Crippen molar-refractivity contribution in [3.05, 3.63) is 59.4 Å².